The number of nitrogens with zero attached hydrogens (tertiary/aromatic N) is 2. The lowest BCUT2D eigenvalue weighted by molar-refractivity contribution is -0.121. The molecule has 0 aliphatic carbocycles. The van der Waals surface area contributed by atoms with E-state index in [1.807, 2.05) is 80.2 Å². The summed E-state index contributed by atoms with van der Waals surface area (Å²) in [6, 6.07) is 15.2. The van der Waals surface area contributed by atoms with Gasteiger partial charge in [-0.3, -0.25) is 9.59 Å². The van der Waals surface area contributed by atoms with E-state index in [-0.39, 0.29) is 30.6 Å². The van der Waals surface area contributed by atoms with Crippen molar-refractivity contribution in [1.82, 2.24) is 14.9 Å². The van der Waals surface area contributed by atoms with Gasteiger partial charge in [0.05, 0.1) is 0 Å². The lowest BCUT2D eigenvalue weighted by Crippen LogP contribution is -2.31. The molecule has 1 atom stereocenters. The maximum absolute atomic E-state index is 12.6. The number of amides is 1. The van der Waals surface area contributed by atoms with E-state index in [1.54, 1.807) is 6.20 Å². The van der Waals surface area contributed by atoms with E-state index < -0.39 is 0 Å². The first kappa shape index (κ1) is 19.5. The van der Waals surface area contributed by atoms with Crippen LogP contribution in [0.1, 0.15) is 51.8 Å². The van der Waals surface area contributed by atoms with Gasteiger partial charge in [0, 0.05) is 37.8 Å². The van der Waals surface area contributed by atoms with Crippen molar-refractivity contribution < 1.29 is 9.59 Å². The zero-order chi connectivity index (χ0) is 20.1. The molecule has 1 amide bonds. The van der Waals surface area contributed by atoms with Crippen molar-refractivity contribution >= 4 is 11.7 Å². The summed E-state index contributed by atoms with van der Waals surface area (Å²) in [7, 11) is 1.90. The normalized spacial score (nSPS) is 11.8. The summed E-state index contributed by atoms with van der Waals surface area (Å²) in [6.45, 7) is 3.87. The average Bonchev–Trinajstić information content (AvgIpc) is 3.12. The van der Waals surface area contributed by atoms with Gasteiger partial charge in [0.2, 0.25) is 5.91 Å². The van der Waals surface area contributed by atoms with Crippen molar-refractivity contribution in [3.63, 3.8) is 0 Å². The first-order chi connectivity index (χ1) is 13.5. The second-order valence-corrected chi connectivity index (χ2v) is 7.05. The summed E-state index contributed by atoms with van der Waals surface area (Å²) in [5.74, 6) is 0.570. The fraction of sp³-hybridized carbons (Fsp3) is 0.261. The minimum atomic E-state index is -0.357. The van der Waals surface area contributed by atoms with E-state index >= 15 is 0 Å². The van der Waals surface area contributed by atoms with E-state index in [4.69, 9.17) is 0 Å². The fourth-order valence-electron chi connectivity index (χ4n) is 3.23. The van der Waals surface area contributed by atoms with Gasteiger partial charge < -0.3 is 9.88 Å². The molecule has 1 N–H and O–H groups in total. The van der Waals surface area contributed by atoms with E-state index in [9.17, 15) is 9.59 Å². The number of nitrogens with one attached hydrogen (secondary N) is 1. The molecular weight excluding hydrogens is 350 g/mol. The van der Waals surface area contributed by atoms with Crippen molar-refractivity contribution in [1.29, 1.82) is 0 Å². The maximum atomic E-state index is 12.6. The molecule has 0 aliphatic rings. The summed E-state index contributed by atoms with van der Waals surface area (Å²) in [6.07, 6.45) is 3.88. The quantitative estimate of drug-likeness (QED) is 0.637. The van der Waals surface area contributed by atoms with E-state index in [0.29, 0.717) is 5.56 Å². The molecule has 0 saturated heterocycles. The van der Waals surface area contributed by atoms with Gasteiger partial charge in [0.15, 0.2) is 5.78 Å². The Morgan fingerprint density at radius 2 is 1.82 bits per heavy atom. The molecule has 0 spiro atoms. The molecule has 1 heterocycles. The highest BCUT2D eigenvalue weighted by Gasteiger charge is 2.21. The zero-order valence-corrected chi connectivity index (χ0v) is 16.5. The van der Waals surface area contributed by atoms with E-state index in [2.05, 4.69) is 10.3 Å². The second-order valence-electron chi connectivity index (χ2n) is 7.05. The SMILES string of the molecule is Cc1ccc(C)c(C(=O)CCC(=O)NC(c2ccccc2)c2nccn2C)c1. The van der Waals surface area contributed by atoms with Gasteiger partial charge in [-0.05, 0) is 31.0 Å². The van der Waals surface area contributed by atoms with Crippen LogP contribution in [-0.2, 0) is 11.8 Å². The predicted molar refractivity (Wildman–Crippen MR) is 109 cm³/mol. The van der Waals surface area contributed by atoms with Crippen LogP contribution in [0.4, 0.5) is 0 Å². The number of Topliss-reactive ketones (excluding diaryl/α,β-unsaturated/α-hetero) is 1. The largest absolute Gasteiger partial charge is 0.342 e. The zero-order valence-electron chi connectivity index (χ0n) is 16.5. The van der Waals surface area contributed by atoms with Gasteiger partial charge in [-0.1, -0.05) is 48.0 Å². The summed E-state index contributed by atoms with van der Waals surface area (Å²) in [5.41, 5.74) is 3.62. The molecule has 2 aromatic carbocycles. The van der Waals surface area contributed by atoms with Crippen LogP contribution >= 0.6 is 0 Å². The van der Waals surface area contributed by atoms with Crippen LogP contribution in [0.25, 0.3) is 0 Å². The molecule has 1 aromatic heterocycles. The number of ketones is 1. The highest BCUT2D eigenvalue weighted by molar-refractivity contribution is 5.99. The standard InChI is InChI=1S/C23H25N3O2/c1-16-9-10-17(2)19(15-16)20(27)11-12-21(28)25-22(18-7-5-4-6-8-18)23-24-13-14-26(23)3/h4-10,13-15,22H,11-12H2,1-3H3,(H,25,28). The Morgan fingerprint density at radius 3 is 2.50 bits per heavy atom. The number of carbonyl (C=O) groups excluding carboxylic acids is 2. The van der Waals surface area contributed by atoms with Gasteiger partial charge in [-0.15, -0.1) is 0 Å². The Bertz CT molecular complexity index is 977. The summed E-state index contributed by atoms with van der Waals surface area (Å²) >= 11 is 0. The summed E-state index contributed by atoms with van der Waals surface area (Å²) in [4.78, 5) is 29.6. The first-order valence-corrected chi connectivity index (χ1v) is 9.37. The second kappa shape index (κ2) is 8.65. The van der Waals surface area contributed by atoms with Crippen molar-refractivity contribution in [2.24, 2.45) is 7.05 Å². The van der Waals surface area contributed by atoms with Gasteiger partial charge >= 0.3 is 0 Å². The third-order valence-corrected chi connectivity index (χ3v) is 4.83. The molecule has 1 unspecified atom stereocenters. The van der Waals surface area contributed by atoms with Crippen molar-refractivity contribution in [2.45, 2.75) is 32.7 Å². The van der Waals surface area contributed by atoms with E-state index in [1.165, 1.54) is 0 Å². The molecule has 3 aromatic rings. The number of rotatable bonds is 7. The Hall–Kier alpha value is -3.21. The first-order valence-electron chi connectivity index (χ1n) is 9.37. The number of aryl methyl sites for hydroxylation is 3. The van der Waals surface area contributed by atoms with Crippen LogP contribution < -0.4 is 5.32 Å². The smallest absolute Gasteiger partial charge is 0.221 e. The lowest BCUT2D eigenvalue weighted by Gasteiger charge is -2.19. The number of carbonyl (C=O) groups is 2. The number of aromatic nitrogens is 2. The molecule has 5 heteroatoms. The minimum absolute atomic E-state index is 0.00963. The topological polar surface area (TPSA) is 64.0 Å². The van der Waals surface area contributed by atoms with Crippen LogP contribution in [0.5, 0.6) is 0 Å². The van der Waals surface area contributed by atoms with Crippen LogP contribution in [0, 0.1) is 13.8 Å². The lowest BCUT2D eigenvalue weighted by atomic mass is 9.99. The summed E-state index contributed by atoms with van der Waals surface area (Å²) < 4.78 is 1.89. The van der Waals surface area contributed by atoms with Gasteiger partial charge in [-0.25, -0.2) is 4.98 Å². The number of imidazole rings is 1. The molecule has 0 saturated carbocycles. The molecule has 28 heavy (non-hydrogen) atoms. The highest BCUT2D eigenvalue weighted by atomic mass is 16.2. The van der Waals surface area contributed by atoms with Crippen molar-refractivity contribution in [2.75, 3.05) is 0 Å². The molecule has 0 radical (unpaired) electrons. The van der Waals surface area contributed by atoms with Crippen LogP contribution in [0.15, 0.2) is 60.9 Å². The Balaban J connectivity index is 1.70. The molecule has 0 bridgehead atoms. The molecule has 144 valence electrons. The Labute approximate surface area is 165 Å². The Morgan fingerprint density at radius 1 is 1.07 bits per heavy atom. The van der Waals surface area contributed by atoms with Crippen LogP contribution in [-0.4, -0.2) is 21.2 Å². The molecule has 0 aliphatic heterocycles. The molecule has 3 rings (SSSR count). The number of hydrogen-bond donors (Lipinski definition) is 1. The molecular formula is C23H25N3O2. The Kier molecular flexibility index (Phi) is 6.04. The monoisotopic (exact) mass is 375 g/mol. The third kappa shape index (κ3) is 4.55. The highest BCUT2D eigenvalue weighted by Crippen LogP contribution is 2.21. The van der Waals surface area contributed by atoms with Crippen LogP contribution in [0.2, 0.25) is 0 Å². The van der Waals surface area contributed by atoms with Gasteiger partial charge in [0.1, 0.15) is 11.9 Å². The van der Waals surface area contributed by atoms with Crippen molar-refractivity contribution in [3.8, 4) is 0 Å². The third-order valence-electron chi connectivity index (χ3n) is 4.83. The summed E-state index contributed by atoms with van der Waals surface area (Å²) in [5, 5.41) is 3.03. The van der Waals surface area contributed by atoms with Gasteiger partial charge in [-0.2, -0.15) is 0 Å². The predicted octanol–water partition coefficient (Wildman–Crippen LogP) is 3.91. The molecule has 5 nitrogen and oxygen atoms in total. The number of hydrogen-bond acceptors (Lipinski definition) is 3. The number of benzene rings is 2. The molecule has 0 fully saturated rings. The van der Waals surface area contributed by atoms with E-state index in [0.717, 1.165) is 22.5 Å². The maximum Gasteiger partial charge on any atom is 0.221 e. The van der Waals surface area contributed by atoms with Crippen molar-refractivity contribution in [3.05, 3.63) is 89.0 Å². The minimum Gasteiger partial charge on any atom is -0.342 e. The van der Waals surface area contributed by atoms with Gasteiger partial charge in [0.25, 0.3) is 0 Å². The van der Waals surface area contributed by atoms with Crippen LogP contribution in [0.3, 0.4) is 0 Å². The average molecular weight is 375 g/mol. The fourth-order valence-corrected chi connectivity index (χ4v) is 3.23.